The predicted octanol–water partition coefficient (Wildman–Crippen LogP) is 3.16. The Hall–Kier alpha value is -3.19. The number of fused-ring (bicyclic) bond motifs is 1. The number of imide groups is 1. The molecule has 30 heavy (non-hydrogen) atoms. The number of rotatable bonds is 4. The van der Waals surface area contributed by atoms with Crippen LogP contribution in [-0.4, -0.2) is 45.9 Å². The van der Waals surface area contributed by atoms with Crippen LogP contribution in [0.15, 0.2) is 54.9 Å². The number of hydrogen-bond donors (Lipinski definition) is 1. The second kappa shape index (κ2) is 7.91. The molecule has 0 aliphatic carbocycles. The number of hydrogen-bond acceptors (Lipinski definition) is 4. The van der Waals surface area contributed by atoms with Crippen molar-refractivity contribution in [2.75, 3.05) is 24.5 Å². The minimum absolute atomic E-state index is 0.229. The third kappa shape index (κ3) is 3.68. The van der Waals surface area contributed by atoms with Gasteiger partial charge in [-0.3, -0.25) is 24.3 Å². The number of urea groups is 1. The van der Waals surface area contributed by atoms with E-state index in [1.807, 2.05) is 10.5 Å². The fourth-order valence-electron chi connectivity index (χ4n) is 4.47. The van der Waals surface area contributed by atoms with E-state index in [-0.39, 0.29) is 11.9 Å². The van der Waals surface area contributed by atoms with E-state index >= 15 is 0 Å². The van der Waals surface area contributed by atoms with Gasteiger partial charge in [0.2, 0.25) is 5.91 Å². The maximum atomic E-state index is 12.3. The Bertz CT molecular complexity index is 1070. The van der Waals surface area contributed by atoms with Crippen molar-refractivity contribution in [1.29, 1.82) is 0 Å². The number of benzene rings is 1. The van der Waals surface area contributed by atoms with Crippen LogP contribution in [-0.2, 0) is 11.3 Å². The van der Waals surface area contributed by atoms with Crippen molar-refractivity contribution in [2.45, 2.75) is 31.7 Å². The van der Waals surface area contributed by atoms with Gasteiger partial charge in [-0.2, -0.15) is 0 Å². The minimum atomic E-state index is -0.382. The standard InChI is InChI=1S/C23H25N5O2/c29-21-10-13-27(23(30)25-21)22-14-24-20-7-6-19(16-28(20)22)18-8-11-26(12-9-18)15-17-4-2-1-3-5-17/h1-7,14,16,18H,8-13,15H2,(H,25,29,30). The summed E-state index contributed by atoms with van der Waals surface area (Å²) in [4.78, 5) is 32.3. The first-order valence-electron chi connectivity index (χ1n) is 10.5. The van der Waals surface area contributed by atoms with Crippen molar-refractivity contribution in [3.63, 3.8) is 0 Å². The maximum absolute atomic E-state index is 12.3. The molecule has 154 valence electrons. The lowest BCUT2D eigenvalue weighted by Crippen LogP contribution is -2.50. The van der Waals surface area contributed by atoms with E-state index in [4.69, 9.17) is 0 Å². The van der Waals surface area contributed by atoms with Gasteiger partial charge in [-0.15, -0.1) is 0 Å². The molecule has 2 fully saturated rings. The van der Waals surface area contributed by atoms with Crippen LogP contribution in [0.3, 0.4) is 0 Å². The number of pyridine rings is 1. The van der Waals surface area contributed by atoms with Gasteiger partial charge in [0.05, 0.1) is 6.20 Å². The van der Waals surface area contributed by atoms with Crippen LogP contribution in [0.5, 0.6) is 0 Å². The van der Waals surface area contributed by atoms with E-state index < -0.39 is 0 Å². The highest BCUT2D eigenvalue weighted by atomic mass is 16.2. The molecule has 0 spiro atoms. The molecule has 0 unspecified atom stereocenters. The number of carbonyl (C=O) groups excluding carboxylic acids is 2. The number of likely N-dealkylation sites (tertiary alicyclic amines) is 1. The van der Waals surface area contributed by atoms with Crippen LogP contribution >= 0.6 is 0 Å². The van der Waals surface area contributed by atoms with Crippen molar-refractivity contribution in [3.05, 3.63) is 66.0 Å². The number of nitrogens with one attached hydrogen (secondary N) is 1. The highest BCUT2D eigenvalue weighted by molar-refractivity contribution is 6.05. The molecule has 2 aliphatic rings. The summed E-state index contributed by atoms with van der Waals surface area (Å²) in [5.74, 6) is 0.972. The van der Waals surface area contributed by atoms with Crippen molar-refractivity contribution in [3.8, 4) is 0 Å². The van der Waals surface area contributed by atoms with Crippen LogP contribution < -0.4 is 10.2 Å². The Morgan fingerprint density at radius 1 is 1.00 bits per heavy atom. The molecular weight excluding hydrogens is 378 g/mol. The smallest absolute Gasteiger partial charge is 0.299 e. The fraction of sp³-hybridized carbons (Fsp3) is 0.348. The topological polar surface area (TPSA) is 70.0 Å². The predicted molar refractivity (Wildman–Crippen MR) is 114 cm³/mol. The molecule has 0 saturated carbocycles. The zero-order valence-electron chi connectivity index (χ0n) is 16.8. The van der Waals surface area contributed by atoms with Crippen molar-refractivity contribution >= 4 is 23.4 Å². The monoisotopic (exact) mass is 403 g/mol. The third-order valence-corrected chi connectivity index (χ3v) is 6.15. The van der Waals surface area contributed by atoms with Gasteiger partial charge in [-0.05, 0) is 49.0 Å². The van der Waals surface area contributed by atoms with Gasteiger partial charge in [0.15, 0.2) is 0 Å². The van der Waals surface area contributed by atoms with E-state index in [2.05, 4.69) is 57.8 Å². The van der Waals surface area contributed by atoms with E-state index in [1.54, 1.807) is 11.1 Å². The normalized spacial score (nSPS) is 18.7. The number of piperidine rings is 1. The number of anilines is 1. The molecule has 2 aliphatic heterocycles. The molecule has 3 aromatic rings. The average Bonchev–Trinajstić information content (AvgIpc) is 3.18. The number of carbonyl (C=O) groups is 2. The highest BCUT2D eigenvalue weighted by Gasteiger charge is 2.27. The largest absolute Gasteiger partial charge is 0.329 e. The molecule has 2 aromatic heterocycles. The summed E-state index contributed by atoms with van der Waals surface area (Å²) >= 11 is 0. The van der Waals surface area contributed by atoms with Crippen LogP contribution in [0.4, 0.5) is 10.6 Å². The van der Waals surface area contributed by atoms with Gasteiger partial charge in [0.25, 0.3) is 0 Å². The van der Waals surface area contributed by atoms with Gasteiger partial charge in [-0.1, -0.05) is 36.4 Å². The molecule has 2 saturated heterocycles. The Labute approximate surface area is 175 Å². The molecular formula is C23H25N5O2. The zero-order chi connectivity index (χ0) is 20.5. The summed E-state index contributed by atoms with van der Waals surface area (Å²) in [6, 6.07) is 14.4. The molecule has 1 aromatic carbocycles. The molecule has 4 heterocycles. The third-order valence-electron chi connectivity index (χ3n) is 6.15. The summed E-state index contributed by atoms with van der Waals surface area (Å²) in [5, 5.41) is 2.39. The lowest BCUT2D eigenvalue weighted by molar-refractivity contribution is -0.120. The molecule has 1 N–H and O–H groups in total. The Balaban J connectivity index is 1.31. The van der Waals surface area contributed by atoms with Gasteiger partial charge in [0, 0.05) is 25.7 Å². The summed E-state index contributed by atoms with van der Waals surface area (Å²) < 4.78 is 1.97. The molecule has 7 heteroatoms. The van der Waals surface area contributed by atoms with Crippen molar-refractivity contribution < 1.29 is 9.59 Å². The number of imidazole rings is 1. The number of nitrogens with zero attached hydrogens (tertiary/aromatic N) is 4. The molecule has 7 nitrogen and oxygen atoms in total. The first-order valence-corrected chi connectivity index (χ1v) is 10.5. The van der Waals surface area contributed by atoms with Gasteiger partial charge < -0.3 is 0 Å². The van der Waals surface area contributed by atoms with Crippen molar-refractivity contribution in [1.82, 2.24) is 19.6 Å². The lowest BCUT2D eigenvalue weighted by atomic mass is 9.90. The average molecular weight is 403 g/mol. The molecule has 0 radical (unpaired) electrons. The van der Waals surface area contributed by atoms with E-state index in [0.29, 0.717) is 24.7 Å². The van der Waals surface area contributed by atoms with Crippen LogP contribution in [0, 0.1) is 0 Å². The Morgan fingerprint density at radius 3 is 2.57 bits per heavy atom. The fourth-order valence-corrected chi connectivity index (χ4v) is 4.47. The Kier molecular flexibility index (Phi) is 4.96. The zero-order valence-corrected chi connectivity index (χ0v) is 16.8. The molecule has 0 bridgehead atoms. The van der Waals surface area contributed by atoms with Gasteiger partial charge in [-0.25, -0.2) is 9.78 Å². The lowest BCUT2D eigenvalue weighted by Gasteiger charge is -2.32. The Morgan fingerprint density at radius 2 is 1.80 bits per heavy atom. The van der Waals surface area contributed by atoms with Crippen LogP contribution in [0.25, 0.3) is 5.65 Å². The van der Waals surface area contributed by atoms with Crippen molar-refractivity contribution in [2.24, 2.45) is 0 Å². The molecule has 3 amide bonds. The van der Waals surface area contributed by atoms with E-state index in [0.717, 1.165) is 38.1 Å². The van der Waals surface area contributed by atoms with Crippen LogP contribution in [0.2, 0.25) is 0 Å². The maximum Gasteiger partial charge on any atom is 0.329 e. The second-order valence-corrected chi connectivity index (χ2v) is 8.10. The number of aromatic nitrogens is 2. The minimum Gasteiger partial charge on any atom is -0.299 e. The summed E-state index contributed by atoms with van der Waals surface area (Å²) in [6.45, 7) is 3.53. The summed E-state index contributed by atoms with van der Waals surface area (Å²) in [5.41, 5.74) is 3.44. The number of amides is 3. The summed E-state index contributed by atoms with van der Waals surface area (Å²) in [6.07, 6.45) is 6.34. The first-order chi connectivity index (χ1) is 14.7. The summed E-state index contributed by atoms with van der Waals surface area (Å²) in [7, 11) is 0. The SMILES string of the molecule is O=C1CCN(c2cnc3ccc(C4CCN(Cc5ccccc5)CC4)cn23)C(=O)N1. The molecule has 5 rings (SSSR count). The quantitative estimate of drug-likeness (QED) is 0.727. The van der Waals surface area contributed by atoms with E-state index in [1.165, 1.54) is 11.1 Å². The molecule has 0 atom stereocenters. The van der Waals surface area contributed by atoms with Crippen LogP contribution in [0.1, 0.15) is 36.3 Å². The van der Waals surface area contributed by atoms with Gasteiger partial charge >= 0.3 is 6.03 Å². The second-order valence-electron chi connectivity index (χ2n) is 8.10. The highest BCUT2D eigenvalue weighted by Crippen LogP contribution is 2.30. The first kappa shape index (κ1) is 18.8. The van der Waals surface area contributed by atoms with Gasteiger partial charge in [0.1, 0.15) is 11.5 Å². The van der Waals surface area contributed by atoms with E-state index in [9.17, 15) is 9.59 Å².